The molecule has 1 rings (SSSR count). The molecule has 0 spiro atoms. The average Bonchev–Trinajstić information content (AvgIpc) is 2.22. The van der Waals surface area contributed by atoms with Crippen molar-refractivity contribution in [2.45, 2.75) is 6.42 Å². The lowest BCUT2D eigenvalue weighted by atomic mass is 10.2. The predicted octanol–water partition coefficient (Wildman–Crippen LogP) is 0.373. The molecular formula is C10H12F2N2O3S. The van der Waals surface area contributed by atoms with Crippen molar-refractivity contribution in [1.82, 2.24) is 5.32 Å². The fourth-order valence-corrected chi connectivity index (χ4v) is 1.79. The molecule has 1 aromatic carbocycles. The van der Waals surface area contributed by atoms with Crippen LogP contribution in [0.2, 0.25) is 0 Å². The first kappa shape index (κ1) is 14.5. The normalized spacial score (nSPS) is 11.3. The van der Waals surface area contributed by atoms with Crippen LogP contribution in [0.25, 0.3) is 0 Å². The summed E-state index contributed by atoms with van der Waals surface area (Å²) in [6.07, 6.45) is 0.118. The minimum Gasteiger partial charge on any atom is -0.352 e. The summed E-state index contributed by atoms with van der Waals surface area (Å²) >= 11 is 0. The smallest absolute Gasteiger partial charge is 0.254 e. The van der Waals surface area contributed by atoms with E-state index in [-0.39, 0.29) is 24.3 Å². The minimum atomic E-state index is -3.58. The van der Waals surface area contributed by atoms with Gasteiger partial charge in [-0.1, -0.05) is 0 Å². The highest BCUT2D eigenvalue weighted by Gasteiger charge is 2.12. The molecule has 0 bridgehead atoms. The fraction of sp³-hybridized carbons (Fsp3) is 0.300. The quantitative estimate of drug-likeness (QED) is 0.763. The second kappa shape index (κ2) is 5.87. The number of sulfonamides is 1. The third-order valence-electron chi connectivity index (χ3n) is 2.07. The number of rotatable bonds is 5. The molecule has 0 aliphatic rings. The average molecular weight is 278 g/mol. The standard InChI is InChI=1S/C10H12F2N2O3S/c11-7-2-3-8(9(12)6-7)10(15)14-4-1-5-18(13,16)17/h2-3,6H,1,4-5H2,(H,14,15)(H2,13,16,17). The maximum atomic E-state index is 13.2. The summed E-state index contributed by atoms with van der Waals surface area (Å²) in [4.78, 5) is 11.4. The lowest BCUT2D eigenvalue weighted by Gasteiger charge is -2.05. The van der Waals surface area contributed by atoms with Gasteiger partial charge >= 0.3 is 0 Å². The molecule has 100 valence electrons. The third kappa shape index (κ3) is 4.76. The molecule has 1 amide bonds. The van der Waals surface area contributed by atoms with Crippen molar-refractivity contribution in [3.8, 4) is 0 Å². The van der Waals surface area contributed by atoms with Gasteiger partial charge in [-0.3, -0.25) is 4.79 Å². The van der Waals surface area contributed by atoms with E-state index in [1.807, 2.05) is 0 Å². The Bertz CT molecular complexity index is 546. The van der Waals surface area contributed by atoms with Gasteiger partial charge in [0.1, 0.15) is 11.6 Å². The van der Waals surface area contributed by atoms with Crippen molar-refractivity contribution in [3.05, 3.63) is 35.4 Å². The monoisotopic (exact) mass is 278 g/mol. The van der Waals surface area contributed by atoms with Gasteiger partial charge in [0.15, 0.2) is 0 Å². The Morgan fingerprint density at radius 3 is 2.56 bits per heavy atom. The highest BCUT2D eigenvalue weighted by Crippen LogP contribution is 2.09. The molecule has 0 heterocycles. The van der Waals surface area contributed by atoms with Gasteiger partial charge < -0.3 is 5.32 Å². The molecule has 3 N–H and O–H groups in total. The summed E-state index contributed by atoms with van der Waals surface area (Å²) in [5.41, 5.74) is -0.299. The number of hydrogen-bond acceptors (Lipinski definition) is 3. The molecule has 0 fully saturated rings. The number of hydrogen-bond donors (Lipinski definition) is 2. The van der Waals surface area contributed by atoms with Gasteiger partial charge in [-0.25, -0.2) is 22.3 Å². The van der Waals surface area contributed by atoms with E-state index in [4.69, 9.17) is 5.14 Å². The van der Waals surface area contributed by atoms with E-state index in [9.17, 15) is 22.0 Å². The lowest BCUT2D eigenvalue weighted by Crippen LogP contribution is -2.28. The van der Waals surface area contributed by atoms with Crippen LogP contribution >= 0.6 is 0 Å². The number of nitrogens with one attached hydrogen (secondary N) is 1. The Morgan fingerprint density at radius 1 is 1.33 bits per heavy atom. The predicted molar refractivity (Wildman–Crippen MR) is 61.3 cm³/mol. The Morgan fingerprint density at radius 2 is 2.00 bits per heavy atom. The van der Waals surface area contributed by atoms with Gasteiger partial charge in [0.25, 0.3) is 5.91 Å². The van der Waals surface area contributed by atoms with Gasteiger partial charge in [-0.15, -0.1) is 0 Å². The van der Waals surface area contributed by atoms with Crippen LogP contribution in [-0.2, 0) is 10.0 Å². The molecule has 1 aromatic rings. The van der Waals surface area contributed by atoms with Crippen molar-refractivity contribution in [2.24, 2.45) is 5.14 Å². The molecular weight excluding hydrogens is 266 g/mol. The first-order valence-electron chi connectivity index (χ1n) is 5.03. The molecule has 0 aliphatic carbocycles. The topological polar surface area (TPSA) is 89.3 Å². The zero-order valence-electron chi connectivity index (χ0n) is 9.32. The number of primary sulfonamides is 1. The second-order valence-electron chi connectivity index (χ2n) is 3.60. The summed E-state index contributed by atoms with van der Waals surface area (Å²) in [7, 11) is -3.58. The van der Waals surface area contributed by atoms with E-state index in [2.05, 4.69) is 5.32 Å². The zero-order chi connectivity index (χ0) is 13.8. The van der Waals surface area contributed by atoms with Crippen LogP contribution in [0.3, 0.4) is 0 Å². The molecule has 18 heavy (non-hydrogen) atoms. The minimum absolute atomic E-state index is 0.0338. The Hall–Kier alpha value is -1.54. The van der Waals surface area contributed by atoms with E-state index >= 15 is 0 Å². The summed E-state index contributed by atoms with van der Waals surface area (Å²) in [5.74, 6) is -2.77. The molecule has 0 atom stereocenters. The van der Waals surface area contributed by atoms with Gasteiger partial charge in [0, 0.05) is 12.6 Å². The van der Waals surface area contributed by atoms with Gasteiger partial charge in [0.2, 0.25) is 10.0 Å². The zero-order valence-corrected chi connectivity index (χ0v) is 10.1. The molecule has 0 unspecified atom stereocenters. The largest absolute Gasteiger partial charge is 0.352 e. The van der Waals surface area contributed by atoms with E-state index in [0.29, 0.717) is 6.07 Å². The van der Waals surface area contributed by atoms with Crippen molar-refractivity contribution in [1.29, 1.82) is 0 Å². The van der Waals surface area contributed by atoms with E-state index in [1.165, 1.54) is 0 Å². The molecule has 0 radical (unpaired) electrons. The molecule has 8 heteroatoms. The molecule has 0 saturated heterocycles. The highest BCUT2D eigenvalue weighted by atomic mass is 32.2. The first-order chi connectivity index (χ1) is 8.29. The third-order valence-corrected chi connectivity index (χ3v) is 2.92. The van der Waals surface area contributed by atoms with Gasteiger partial charge in [0.05, 0.1) is 11.3 Å². The van der Waals surface area contributed by atoms with Crippen LogP contribution in [-0.4, -0.2) is 26.6 Å². The Kier molecular flexibility index (Phi) is 4.74. The van der Waals surface area contributed by atoms with Crippen molar-refractivity contribution >= 4 is 15.9 Å². The van der Waals surface area contributed by atoms with Crippen molar-refractivity contribution in [3.63, 3.8) is 0 Å². The van der Waals surface area contributed by atoms with Crippen molar-refractivity contribution < 1.29 is 22.0 Å². The Balaban J connectivity index is 2.51. The molecule has 0 aromatic heterocycles. The van der Waals surface area contributed by atoms with Crippen molar-refractivity contribution in [2.75, 3.05) is 12.3 Å². The second-order valence-corrected chi connectivity index (χ2v) is 5.33. The summed E-state index contributed by atoms with van der Waals surface area (Å²) in [5, 5.41) is 7.07. The van der Waals surface area contributed by atoms with Crippen LogP contribution < -0.4 is 10.5 Å². The number of carbonyl (C=O) groups is 1. The fourth-order valence-electron chi connectivity index (χ4n) is 1.24. The number of nitrogens with two attached hydrogens (primary N) is 1. The van der Waals surface area contributed by atoms with Gasteiger partial charge in [-0.05, 0) is 18.6 Å². The number of benzene rings is 1. The van der Waals surface area contributed by atoms with Crippen LogP contribution in [0.15, 0.2) is 18.2 Å². The van der Waals surface area contributed by atoms with E-state index in [1.54, 1.807) is 0 Å². The first-order valence-corrected chi connectivity index (χ1v) is 6.75. The summed E-state index contributed by atoms with van der Waals surface area (Å²) in [6.45, 7) is 0.0338. The van der Waals surface area contributed by atoms with Crippen LogP contribution in [0.5, 0.6) is 0 Å². The highest BCUT2D eigenvalue weighted by molar-refractivity contribution is 7.89. The van der Waals surface area contributed by atoms with Crippen LogP contribution in [0.4, 0.5) is 8.78 Å². The number of amides is 1. The van der Waals surface area contributed by atoms with Crippen LogP contribution in [0, 0.1) is 11.6 Å². The van der Waals surface area contributed by atoms with E-state index < -0.39 is 27.6 Å². The number of halogens is 2. The lowest BCUT2D eigenvalue weighted by molar-refractivity contribution is 0.0949. The van der Waals surface area contributed by atoms with Crippen LogP contribution in [0.1, 0.15) is 16.8 Å². The molecule has 0 aliphatic heterocycles. The SMILES string of the molecule is NS(=O)(=O)CCCNC(=O)c1ccc(F)cc1F. The maximum Gasteiger partial charge on any atom is 0.254 e. The maximum absolute atomic E-state index is 13.2. The van der Waals surface area contributed by atoms with E-state index in [0.717, 1.165) is 12.1 Å². The molecule has 0 saturated carbocycles. The summed E-state index contributed by atoms with van der Waals surface area (Å²) in [6, 6.07) is 2.57. The molecule has 5 nitrogen and oxygen atoms in total. The Labute approximate surface area is 103 Å². The van der Waals surface area contributed by atoms with Gasteiger partial charge in [-0.2, -0.15) is 0 Å². The number of carbonyl (C=O) groups excluding carboxylic acids is 1. The summed E-state index contributed by atoms with van der Waals surface area (Å²) < 4.78 is 47.0.